The van der Waals surface area contributed by atoms with Gasteiger partial charge in [-0.15, -0.1) is 0 Å². The number of aromatic nitrogens is 4. The number of aryl methyl sites for hydroxylation is 1. The molecule has 0 radical (unpaired) electrons. The van der Waals surface area contributed by atoms with E-state index in [2.05, 4.69) is 16.4 Å². The van der Waals surface area contributed by atoms with Gasteiger partial charge in [0.25, 0.3) is 0 Å². The molecule has 0 saturated carbocycles. The molecule has 34 heavy (non-hydrogen) atoms. The molecule has 4 heterocycles. The average Bonchev–Trinajstić information content (AvgIpc) is 3.64. The highest BCUT2D eigenvalue weighted by Crippen LogP contribution is 2.35. The molecule has 0 unspecified atom stereocenters. The Bertz CT molecular complexity index is 1680. The molecular weight excluding hydrogens is 428 g/mol. The molecule has 0 bridgehead atoms. The largest absolute Gasteiger partial charge is 0.348 e. The number of rotatable bonds is 3. The van der Waals surface area contributed by atoms with Gasteiger partial charge in [0, 0.05) is 41.3 Å². The summed E-state index contributed by atoms with van der Waals surface area (Å²) >= 11 is 0. The monoisotopic (exact) mass is 450 g/mol. The van der Waals surface area contributed by atoms with E-state index in [-0.39, 0.29) is 17.6 Å². The maximum absolute atomic E-state index is 13.4. The van der Waals surface area contributed by atoms with Crippen molar-refractivity contribution in [1.29, 1.82) is 5.26 Å². The minimum absolute atomic E-state index is 0.0342. The second-order valence-electron chi connectivity index (χ2n) is 8.66. The summed E-state index contributed by atoms with van der Waals surface area (Å²) in [5.41, 5.74) is 3.27. The Balaban J connectivity index is 1.65. The summed E-state index contributed by atoms with van der Waals surface area (Å²) in [6.45, 7) is 0.819. The zero-order valence-electron chi connectivity index (χ0n) is 18.6. The van der Waals surface area contributed by atoms with Crippen molar-refractivity contribution in [2.75, 3.05) is 6.54 Å². The third-order valence-corrected chi connectivity index (χ3v) is 6.69. The van der Waals surface area contributed by atoms with Crippen LogP contribution in [0.1, 0.15) is 23.3 Å². The number of carbonyl (C=O) groups excluding carboxylic acids is 1. The SMILES string of the molecule is Cn1cc(-n2c(-c3cn(C(=O)[C@H]4CCCN4)c4ccccc34)c(C#N)[nH]c2=O)c2ccccc21. The molecule has 168 valence electrons. The highest BCUT2D eigenvalue weighted by molar-refractivity contribution is 6.03. The maximum Gasteiger partial charge on any atom is 0.331 e. The van der Waals surface area contributed by atoms with Crippen LogP contribution < -0.4 is 11.0 Å². The van der Waals surface area contributed by atoms with Gasteiger partial charge in [-0.25, -0.2) is 4.79 Å². The number of H-pyrrole nitrogens is 1. The summed E-state index contributed by atoms with van der Waals surface area (Å²) in [6.07, 6.45) is 5.39. The second-order valence-corrected chi connectivity index (χ2v) is 8.66. The van der Waals surface area contributed by atoms with E-state index < -0.39 is 5.69 Å². The van der Waals surface area contributed by atoms with Crippen molar-refractivity contribution >= 4 is 27.7 Å². The predicted octanol–water partition coefficient (Wildman–Crippen LogP) is 3.54. The van der Waals surface area contributed by atoms with Crippen LogP contribution in [-0.4, -0.2) is 37.2 Å². The Morgan fingerprint density at radius 3 is 2.53 bits per heavy atom. The minimum atomic E-state index is -0.400. The van der Waals surface area contributed by atoms with Gasteiger partial charge >= 0.3 is 5.69 Å². The van der Waals surface area contributed by atoms with Crippen LogP contribution in [0.15, 0.2) is 65.7 Å². The molecule has 1 fully saturated rings. The number of para-hydroxylation sites is 2. The molecule has 8 heteroatoms. The molecule has 1 saturated heterocycles. The van der Waals surface area contributed by atoms with E-state index in [9.17, 15) is 14.9 Å². The van der Waals surface area contributed by atoms with Crippen LogP contribution in [0.2, 0.25) is 0 Å². The molecular formula is C26H22N6O2. The van der Waals surface area contributed by atoms with Crippen LogP contribution in [0.5, 0.6) is 0 Å². The summed E-state index contributed by atoms with van der Waals surface area (Å²) in [6, 6.07) is 17.3. The fourth-order valence-corrected chi connectivity index (χ4v) is 5.11. The fourth-order valence-electron chi connectivity index (χ4n) is 5.11. The minimum Gasteiger partial charge on any atom is -0.348 e. The van der Waals surface area contributed by atoms with E-state index >= 15 is 0 Å². The van der Waals surface area contributed by atoms with E-state index in [1.807, 2.05) is 66.3 Å². The Morgan fingerprint density at radius 1 is 1.06 bits per heavy atom. The summed E-state index contributed by atoms with van der Waals surface area (Å²) in [7, 11) is 1.92. The second kappa shape index (κ2) is 7.61. The van der Waals surface area contributed by atoms with E-state index in [0.717, 1.165) is 41.2 Å². The Labute approximate surface area is 194 Å². The molecule has 0 aliphatic carbocycles. The summed E-state index contributed by atoms with van der Waals surface area (Å²) in [4.78, 5) is 29.3. The van der Waals surface area contributed by atoms with Gasteiger partial charge in [-0.1, -0.05) is 36.4 Å². The molecule has 3 aromatic heterocycles. The van der Waals surface area contributed by atoms with Crippen molar-refractivity contribution in [3.63, 3.8) is 0 Å². The van der Waals surface area contributed by atoms with Crippen molar-refractivity contribution in [2.24, 2.45) is 7.05 Å². The summed E-state index contributed by atoms with van der Waals surface area (Å²) in [5, 5.41) is 14.9. The maximum atomic E-state index is 13.4. The molecule has 2 N–H and O–H groups in total. The van der Waals surface area contributed by atoms with E-state index in [1.54, 1.807) is 15.3 Å². The molecule has 0 spiro atoms. The molecule has 1 aliphatic rings. The lowest BCUT2D eigenvalue weighted by Crippen LogP contribution is -2.34. The standard InChI is InChI=1S/C26H22N6O2/c1-30-15-23(17-8-3-4-10-21(17)30)32-24(20(13-27)29-26(32)34)18-14-31(22-11-5-2-7-16(18)22)25(33)19-9-6-12-28-19/h2-5,7-8,10-11,14-15,19,28H,6,9,12H2,1H3,(H,29,34)/t19-/m1/s1. The topological polar surface area (TPSA) is 101 Å². The quantitative estimate of drug-likeness (QED) is 0.439. The predicted molar refractivity (Wildman–Crippen MR) is 130 cm³/mol. The molecule has 1 atom stereocenters. The third-order valence-electron chi connectivity index (χ3n) is 6.69. The average molecular weight is 451 g/mol. The van der Waals surface area contributed by atoms with Crippen LogP contribution in [0.3, 0.4) is 0 Å². The molecule has 2 aromatic carbocycles. The van der Waals surface area contributed by atoms with Gasteiger partial charge in [-0.3, -0.25) is 18.9 Å². The van der Waals surface area contributed by atoms with Gasteiger partial charge in [0.15, 0.2) is 0 Å². The third kappa shape index (κ3) is 2.87. The highest BCUT2D eigenvalue weighted by Gasteiger charge is 2.28. The zero-order chi connectivity index (χ0) is 23.4. The van der Waals surface area contributed by atoms with Crippen LogP contribution in [0, 0.1) is 11.3 Å². The molecule has 0 amide bonds. The smallest absolute Gasteiger partial charge is 0.331 e. The first kappa shape index (κ1) is 20.3. The molecule has 6 rings (SSSR count). The van der Waals surface area contributed by atoms with Gasteiger partial charge in [-0.05, 0) is 31.5 Å². The number of aromatic amines is 1. The molecule has 1 aliphatic heterocycles. The first-order valence-electron chi connectivity index (χ1n) is 11.3. The summed E-state index contributed by atoms with van der Waals surface area (Å²) in [5.74, 6) is -0.0342. The van der Waals surface area contributed by atoms with Crippen LogP contribution >= 0.6 is 0 Å². The van der Waals surface area contributed by atoms with Crippen molar-refractivity contribution in [1.82, 2.24) is 24.0 Å². The Kier molecular flexibility index (Phi) is 4.54. The number of fused-ring (bicyclic) bond motifs is 2. The van der Waals surface area contributed by atoms with Gasteiger partial charge in [0.2, 0.25) is 5.91 Å². The number of carbonyl (C=O) groups is 1. The van der Waals surface area contributed by atoms with Crippen molar-refractivity contribution in [3.05, 3.63) is 77.1 Å². The lowest BCUT2D eigenvalue weighted by Gasteiger charge is -2.10. The first-order chi connectivity index (χ1) is 16.6. The molecule has 5 aromatic rings. The number of benzene rings is 2. The van der Waals surface area contributed by atoms with Gasteiger partial charge in [0.1, 0.15) is 11.8 Å². The van der Waals surface area contributed by atoms with Crippen LogP contribution in [0.4, 0.5) is 0 Å². The lowest BCUT2D eigenvalue weighted by molar-refractivity contribution is 0.0875. The fraction of sp³-hybridized carbons (Fsp3) is 0.192. The number of nitrogens with one attached hydrogen (secondary N) is 2. The van der Waals surface area contributed by atoms with Gasteiger partial charge in [0.05, 0.1) is 22.9 Å². The lowest BCUT2D eigenvalue weighted by atomic mass is 10.1. The number of nitrogens with zero attached hydrogens (tertiary/aromatic N) is 4. The van der Waals surface area contributed by atoms with Crippen LogP contribution in [-0.2, 0) is 7.05 Å². The number of imidazole rings is 1. The van der Waals surface area contributed by atoms with E-state index in [4.69, 9.17) is 0 Å². The highest BCUT2D eigenvalue weighted by atomic mass is 16.2. The zero-order valence-corrected chi connectivity index (χ0v) is 18.6. The van der Waals surface area contributed by atoms with Crippen molar-refractivity contribution in [2.45, 2.75) is 18.9 Å². The van der Waals surface area contributed by atoms with Crippen molar-refractivity contribution < 1.29 is 4.79 Å². The molecule has 8 nitrogen and oxygen atoms in total. The van der Waals surface area contributed by atoms with Gasteiger partial charge < -0.3 is 9.88 Å². The number of nitriles is 1. The van der Waals surface area contributed by atoms with Gasteiger partial charge in [-0.2, -0.15) is 5.26 Å². The number of hydrogen-bond acceptors (Lipinski definition) is 4. The normalized spacial score (nSPS) is 15.8. The number of hydrogen-bond donors (Lipinski definition) is 2. The first-order valence-corrected chi connectivity index (χ1v) is 11.3. The van der Waals surface area contributed by atoms with Crippen molar-refractivity contribution in [3.8, 4) is 23.0 Å². The van der Waals surface area contributed by atoms with Crippen LogP contribution in [0.25, 0.3) is 38.8 Å². The Morgan fingerprint density at radius 2 is 1.79 bits per heavy atom. The summed E-state index contributed by atoms with van der Waals surface area (Å²) < 4.78 is 5.16. The Hall–Kier alpha value is -4.35. The van der Waals surface area contributed by atoms with E-state index in [0.29, 0.717) is 16.9 Å². The van der Waals surface area contributed by atoms with E-state index in [1.165, 1.54) is 0 Å².